The van der Waals surface area contributed by atoms with Crippen LogP contribution < -0.4 is 0 Å². The van der Waals surface area contributed by atoms with E-state index in [4.69, 9.17) is 0 Å². The Morgan fingerprint density at radius 2 is 1.89 bits per heavy atom. The minimum atomic E-state index is -0.669. The van der Waals surface area contributed by atoms with Crippen LogP contribution in [-0.4, -0.2) is 16.5 Å². The molecule has 1 N–H and O–H groups in total. The molecule has 200 valence electrons. The van der Waals surface area contributed by atoms with Gasteiger partial charge in [0.15, 0.2) is 5.78 Å². The summed E-state index contributed by atoms with van der Waals surface area (Å²) >= 11 is 0. The van der Waals surface area contributed by atoms with Crippen molar-refractivity contribution in [2.45, 2.75) is 104 Å². The fourth-order valence-corrected chi connectivity index (χ4v) is 7.34. The van der Waals surface area contributed by atoms with E-state index in [1.54, 1.807) is 5.57 Å². The number of hydrogen-bond donors (Lipinski definition) is 1. The van der Waals surface area contributed by atoms with Crippen LogP contribution in [0.3, 0.4) is 0 Å². The number of Topliss-reactive ketones (excluding diaryl/α,β-unsaturated/α-hetero) is 1. The number of benzene rings is 1. The summed E-state index contributed by atoms with van der Waals surface area (Å²) in [5.41, 5.74) is 4.84. The molecule has 2 heteroatoms. The second-order valence-corrected chi connectivity index (χ2v) is 12.4. The van der Waals surface area contributed by atoms with E-state index in [1.807, 2.05) is 24.3 Å². The number of aliphatic hydroxyl groups is 1. The molecule has 3 aliphatic rings. The average molecular weight is 501 g/mol. The van der Waals surface area contributed by atoms with Crippen LogP contribution in [0.4, 0.5) is 0 Å². The highest BCUT2D eigenvalue weighted by molar-refractivity contribution is 6.01. The lowest BCUT2D eigenvalue weighted by Crippen LogP contribution is -2.32. The smallest absolute Gasteiger partial charge is 0.166 e. The fourth-order valence-electron chi connectivity index (χ4n) is 7.34. The van der Waals surface area contributed by atoms with Gasteiger partial charge < -0.3 is 5.11 Å². The molecule has 0 bridgehead atoms. The van der Waals surface area contributed by atoms with Gasteiger partial charge in [-0.25, -0.2) is 0 Å². The SMILES string of the molecule is CCC(O)(/C=C/CC(C)C1=CCC2/C(=C/C=C3/CC(C)CC(c4ccccc4)C3=O)CCCC12C)CC. The van der Waals surface area contributed by atoms with Gasteiger partial charge in [-0.1, -0.05) is 106 Å². The van der Waals surface area contributed by atoms with Crippen LogP contribution in [0.5, 0.6) is 0 Å². The van der Waals surface area contributed by atoms with Gasteiger partial charge in [0.1, 0.15) is 0 Å². The molecular formula is C35H48O2. The highest BCUT2D eigenvalue weighted by Crippen LogP contribution is 2.57. The Morgan fingerprint density at radius 3 is 2.59 bits per heavy atom. The number of carbonyl (C=O) groups is 1. The van der Waals surface area contributed by atoms with E-state index >= 15 is 0 Å². The molecule has 4 rings (SSSR count). The van der Waals surface area contributed by atoms with Gasteiger partial charge in [0.25, 0.3) is 0 Å². The van der Waals surface area contributed by atoms with E-state index in [1.165, 1.54) is 18.4 Å². The van der Waals surface area contributed by atoms with Gasteiger partial charge in [-0.3, -0.25) is 4.79 Å². The lowest BCUT2D eigenvalue weighted by Gasteiger charge is -2.42. The Morgan fingerprint density at radius 1 is 1.16 bits per heavy atom. The first-order chi connectivity index (χ1) is 17.7. The van der Waals surface area contributed by atoms with Crippen molar-refractivity contribution in [3.8, 4) is 0 Å². The third-order valence-corrected chi connectivity index (χ3v) is 9.82. The second kappa shape index (κ2) is 11.7. The molecule has 0 amide bonds. The first kappa shape index (κ1) is 27.8. The Labute approximate surface area is 225 Å². The van der Waals surface area contributed by atoms with Gasteiger partial charge in [0, 0.05) is 5.92 Å². The van der Waals surface area contributed by atoms with E-state index < -0.39 is 5.60 Å². The van der Waals surface area contributed by atoms with Gasteiger partial charge in [-0.2, -0.15) is 0 Å². The van der Waals surface area contributed by atoms with Crippen molar-refractivity contribution in [2.24, 2.45) is 23.2 Å². The molecular weight excluding hydrogens is 452 g/mol. The molecule has 0 aliphatic heterocycles. The topological polar surface area (TPSA) is 37.3 Å². The van der Waals surface area contributed by atoms with Gasteiger partial charge in [0.2, 0.25) is 0 Å². The minimum absolute atomic E-state index is 0.00190. The zero-order valence-corrected chi connectivity index (χ0v) is 23.8. The molecule has 0 radical (unpaired) electrons. The Balaban J connectivity index is 1.49. The van der Waals surface area contributed by atoms with Gasteiger partial charge in [-0.15, -0.1) is 0 Å². The molecule has 3 aliphatic carbocycles. The monoisotopic (exact) mass is 500 g/mol. The van der Waals surface area contributed by atoms with Gasteiger partial charge in [0.05, 0.1) is 5.60 Å². The molecule has 1 aromatic rings. The first-order valence-electron chi connectivity index (χ1n) is 14.8. The number of rotatable bonds is 8. The lowest BCUT2D eigenvalue weighted by atomic mass is 9.62. The summed E-state index contributed by atoms with van der Waals surface area (Å²) in [5, 5.41) is 10.6. The predicted molar refractivity (Wildman–Crippen MR) is 155 cm³/mol. The largest absolute Gasteiger partial charge is 0.386 e. The number of hydrogen-bond acceptors (Lipinski definition) is 2. The van der Waals surface area contributed by atoms with E-state index in [9.17, 15) is 9.90 Å². The van der Waals surface area contributed by atoms with Crippen LogP contribution >= 0.6 is 0 Å². The van der Waals surface area contributed by atoms with Crippen molar-refractivity contribution in [1.82, 2.24) is 0 Å². The van der Waals surface area contributed by atoms with E-state index in [0.717, 1.165) is 56.1 Å². The minimum Gasteiger partial charge on any atom is -0.386 e. The molecule has 1 aromatic carbocycles. The molecule has 2 fully saturated rings. The van der Waals surface area contributed by atoms with Crippen LogP contribution in [0.2, 0.25) is 0 Å². The number of ketones is 1. The number of allylic oxidation sites excluding steroid dienone is 7. The van der Waals surface area contributed by atoms with Crippen molar-refractivity contribution in [3.05, 3.63) is 83.0 Å². The maximum Gasteiger partial charge on any atom is 0.166 e. The Hall–Kier alpha value is -2.19. The number of carbonyl (C=O) groups excluding carboxylic acids is 1. The van der Waals surface area contributed by atoms with E-state index in [-0.39, 0.29) is 11.3 Å². The van der Waals surface area contributed by atoms with Gasteiger partial charge in [-0.05, 0) is 92.1 Å². The van der Waals surface area contributed by atoms with Crippen LogP contribution in [0.15, 0.2) is 77.4 Å². The molecule has 2 saturated carbocycles. The fraction of sp³-hybridized carbons (Fsp3) is 0.571. The maximum absolute atomic E-state index is 13.5. The normalized spacial score (nSPS) is 31.7. The van der Waals surface area contributed by atoms with Crippen molar-refractivity contribution in [3.63, 3.8) is 0 Å². The summed E-state index contributed by atoms with van der Waals surface area (Å²) in [6, 6.07) is 10.3. The maximum atomic E-state index is 13.5. The lowest BCUT2D eigenvalue weighted by molar-refractivity contribution is -0.118. The molecule has 5 atom stereocenters. The van der Waals surface area contributed by atoms with E-state index in [0.29, 0.717) is 23.5 Å². The summed E-state index contributed by atoms with van der Waals surface area (Å²) in [6.45, 7) is 11.2. The summed E-state index contributed by atoms with van der Waals surface area (Å²) in [7, 11) is 0. The third-order valence-electron chi connectivity index (χ3n) is 9.82. The molecule has 5 unspecified atom stereocenters. The first-order valence-corrected chi connectivity index (χ1v) is 14.8. The van der Waals surface area contributed by atoms with Crippen LogP contribution in [-0.2, 0) is 4.79 Å². The van der Waals surface area contributed by atoms with Crippen molar-refractivity contribution in [2.75, 3.05) is 0 Å². The summed E-state index contributed by atoms with van der Waals surface area (Å²) in [5.74, 6) is 1.87. The predicted octanol–water partition coefficient (Wildman–Crippen LogP) is 8.89. The third kappa shape index (κ3) is 5.95. The molecule has 2 nitrogen and oxygen atoms in total. The van der Waals surface area contributed by atoms with Crippen molar-refractivity contribution >= 4 is 5.78 Å². The van der Waals surface area contributed by atoms with Gasteiger partial charge >= 0.3 is 0 Å². The average Bonchev–Trinajstić information content (AvgIpc) is 3.26. The highest BCUT2D eigenvalue weighted by atomic mass is 16.3. The van der Waals surface area contributed by atoms with E-state index in [2.05, 4.69) is 71.1 Å². The van der Waals surface area contributed by atoms with Crippen molar-refractivity contribution in [1.29, 1.82) is 0 Å². The zero-order chi connectivity index (χ0) is 26.6. The quantitative estimate of drug-likeness (QED) is 0.286. The number of fused-ring (bicyclic) bond motifs is 1. The summed E-state index contributed by atoms with van der Waals surface area (Å²) in [4.78, 5) is 13.5. The summed E-state index contributed by atoms with van der Waals surface area (Å²) < 4.78 is 0. The highest BCUT2D eigenvalue weighted by Gasteiger charge is 2.45. The standard InChI is InChI=1S/C35H48O2/c1-6-35(37,7-2)22-11-13-26(4)31-19-20-32-28(16-12-21-34(31,32)5)17-18-29-23-25(3)24-30(33(29)36)27-14-9-8-10-15-27/h8-11,14-15,17-19,22,25-26,30,32,37H,6-7,12-13,16,20-21,23-24H2,1-5H3/b22-11+,28-17+,29-18-. The molecule has 37 heavy (non-hydrogen) atoms. The molecule has 0 heterocycles. The van der Waals surface area contributed by atoms with Crippen molar-refractivity contribution < 1.29 is 9.90 Å². The second-order valence-electron chi connectivity index (χ2n) is 12.4. The molecule has 0 spiro atoms. The van der Waals surface area contributed by atoms with Crippen LogP contribution in [0.25, 0.3) is 0 Å². The zero-order valence-electron chi connectivity index (χ0n) is 23.8. The Kier molecular flexibility index (Phi) is 8.79. The molecule has 0 aromatic heterocycles. The van der Waals surface area contributed by atoms with Crippen LogP contribution in [0, 0.1) is 23.2 Å². The summed E-state index contributed by atoms with van der Waals surface area (Å²) in [6.07, 6.45) is 20.3. The molecule has 0 saturated heterocycles. The Bertz CT molecular complexity index is 1070. The van der Waals surface area contributed by atoms with Crippen LogP contribution in [0.1, 0.15) is 104 Å².